The first-order chi connectivity index (χ1) is 9.28. The molecule has 1 aromatic carbocycles. The fourth-order valence-corrected chi connectivity index (χ4v) is 1.76. The monoisotopic (exact) mass is 257 g/mol. The number of benzene rings is 1. The zero-order chi connectivity index (χ0) is 13.2. The highest BCUT2D eigenvalue weighted by Crippen LogP contribution is 2.33. The van der Waals surface area contributed by atoms with E-state index in [9.17, 15) is 4.79 Å². The number of cyclic esters (lactones) is 1. The molecular weight excluding hydrogens is 246 g/mol. The summed E-state index contributed by atoms with van der Waals surface area (Å²) in [4.78, 5) is 15.8. The quantitative estimate of drug-likeness (QED) is 0.602. The summed E-state index contributed by atoms with van der Waals surface area (Å²) in [5.41, 5.74) is 0.965. The van der Waals surface area contributed by atoms with Gasteiger partial charge in [0.05, 0.1) is 0 Å². The molecule has 0 aliphatic carbocycles. The predicted octanol–water partition coefficient (Wildman–Crippen LogP) is 2.18. The van der Waals surface area contributed by atoms with Crippen molar-refractivity contribution in [1.82, 2.24) is 0 Å². The number of aliphatic imine (C=N–C) groups is 1. The Balaban J connectivity index is 1.93. The topological polar surface area (TPSA) is 57.1 Å². The summed E-state index contributed by atoms with van der Waals surface area (Å²) >= 11 is 0. The standard InChI is InChI=1S/C14H11NO4/c1-2-3-4-10-14(16)19-13(15-10)9-5-6-11-12(7-9)18-8-17-11/h2-7H,8H2,1H3. The molecule has 3 rings (SSSR count). The first kappa shape index (κ1) is 11.5. The molecule has 0 fully saturated rings. The lowest BCUT2D eigenvalue weighted by Crippen LogP contribution is -2.05. The zero-order valence-electron chi connectivity index (χ0n) is 10.3. The molecular formula is C14H11NO4. The highest BCUT2D eigenvalue weighted by atomic mass is 16.7. The highest BCUT2D eigenvalue weighted by molar-refractivity contribution is 6.11. The third kappa shape index (κ3) is 2.10. The van der Waals surface area contributed by atoms with E-state index in [4.69, 9.17) is 14.2 Å². The highest BCUT2D eigenvalue weighted by Gasteiger charge is 2.25. The average Bonchev–Trinajstić information content (AvgIpc) is 3.02. The van der Waals surface area contributed by atoms with Crippen molar-refractivity contribution in [1.29, 1.82) is 0 Å². The smallest absolute Gasteiger partial charge is 0.363 e. The average molecular weight is 257 g/mol. The Bertz CT molecular complexity index is 628. The third-order valence-electron chi connectivity index (χ3n) is 2.69. The molecule has 2 aliphatic rings. The summed E-state index contributed by atoms with van der Waals surface area (Å²) in [5.74, 6) is 1.13. The second-order valence-corrected chi connectivity index (χ2v) is 3.95. The number of carbonyl (C=O) groups excluding carboxylic acids is 1. The Kier molecular flexibility index (Phi) is 2.79. The van der Waals surface area contributed by atoms with Gasteiger partial charge in [0.2, 0.25) is 12.7 Å². The molecule has 2 heterocycles. The normalized spacial score (nSPS) is 19.1. The van der Waals surface area contributed by atoms with E-state index in [0.29, 0.717) is 17.1 Å². The second kappa shape index (κ2) is 4.61. The van der Waals surface area contributed by atoms with E-state index in [1.54, 1.807) is 30.4 Å². The molecule has 0 aromatic heterocycles. The number of carbonyl (C=O) groups is 1. The molecule has 0 atom stereocenters. The van der Waals surface area contributed by atoms with Crippen molar-refractivity contribution in [3.63, 3.8) is 0 Å². The molecule has 0 saturated carbocycles. The maximum Gasteiger partial charge on any atom is 0.363 e. The molecule has 5 heteroatoms. The van der Waals surface area contributed by atoms with Crippen LogP contribution in [0.2, 0.25) is 0 Å². The van der Waals surface area contributed by atoms with Crippen LogP contribution < -0.4 is 9.47 Å². The fourth-order valence-electron chi connectivity index (χ4n) is 1.76. The predicted molar refractivity (Wildman–Crippen MR) is 68.1 cm³/mol. The van der Waals surface area contributed by atoms with Crippen molar-refractivity contribution in [2.45, 2.75) is 6.92 Å². The van der Waals surface area contributed by atoms with Crippen LogP contribution >= 0.6 is 0 Å². The summed E-state index contributed by atoms with van der Waals surface area (Å²) in [5, 5.41) is 0. The SMILES string of the molecule is CC=CC=C1N=C(c2ccc3c(c2)OCO3)OC1=O. The first-order valence-electron chi connectivity index (χ1n) is 5.82. The van der Waals surface area contributed by atoms with Crippen molar-refractivity contribution < 1.29 is 19.0 Å². The molecule has 0 radical (unpaired) electrons. The van der Waals surface area contributed by atoms with Gasteiger partial charge in [0.1, 0.15) is 0 Å². The van der Waals surface area contributed by atoms with Crippen LogP contribution in [0.1, 0.15) is 12.5 Å². The molecule has 1 aromatic rings. The maximum absolute atomic E-state index is 11.6. The molecule has 19 heavy (non-hydrogen) atoms. The number of nitrogens with zero attached hydrogens (tertiary/aromatic N) is 1. The minimum absolute atomic E-state index is 0.206. The Morgan fingerprint density at radius 2 is 2.11 bits per heavy atom. The van der Waals surface area contributed by atoms with E-state index in [1.165, 1.54) is 0 Å². The molecule has 96 valence electrons. The van der Waals surface area contributed by atoms with E-state index >= 15 is 0 Å². The van der Waals surface area contributed by atoms with E-state index < -0.39 is 5.97 Å². The van der Waals surface area contributed by atoms with E-state index in [-0.39, 0.29) is 18.4 Å². The fraction of sp³-hybridized carbons (Fsp3) is 0.143. The van der Waals surface area contributed by atoms with Gasteiger partial charge < -0.3 is 14.2 Å². The van der Waals surface area contributed by atoms with Crippen LogP contribution in [0.5, 0.6) is 11.5 Å². The lowest BCUT2D eigenvalue weighted by Gasteiger charge is -2.01. The number of fused-ring (bicyclic) bond motifs is 1. The van der Waals surface area contributed by atoms with Gasteiger partial charge in [-0.2, -0.15) is 0 Å². The van der Waals surface area contributed by atoms with Gasteiger partial charge in [0.25, 0.3) is 0 Å². The van der Waals surface area contributed by atoms with Crippen molar-refractivity contribution in [3.8, 4) is 11.5 Å². The van der Waals surface area contributed by atoms with E-state index in [0.717, 1.165) is 0 Å². The van der Waals surface area contributed by atoms with Crippen LogP contribution in [-0.4, -0.2) is 18.7 Å². The number of esters is 1. The van der Waals surface area contributed by atoms with Crippen molar-refractivity contribution in [2.75, 3.05) is 6.79 Å². The summed E-state index contributed by atoms with van der Waals surface area (Å²) in [7, 11) is 0. The number of hydrogen-bond acceptors (Lipinski definition) is 5. The Morgan fingerprint density at radius 1 is 1.26 bits per heavy atom. The van der Waals surface area contributed by atoms with Gasteiger partial charge in [-0.05, 0) is 31.2 Å². The van der Waals surface area contributed by atoms with Gasteiger partial charge in [-0.1, -0.05) is 12.2 Å². The van der Waals surface area contributed by atoms with Crippen molar-refractivity contribution in [3.05, 3.63) is 47.7 Å². The molecule has 0 saturated heterocycles. The first-order valence-corrected chi connectivity index (χ1v) is 5.82. The van der Waals surface area contributed by atoms with Crippen molar-refractivity contribution in [2.24, 2.45) is 4.99 Å². The van der Waals surface area contributed by atoms with Crippen molar-refractivity contribution >= 4 is 11.9 Å². The van der Waals surface area contributed by atoms with Gasteiger partial charge in [-0.25, -0.2) is 9.79 Å². The lowest BCUT2D eigenvalue weighted by molar-refractivity contribution is -0.130. The minimum Gasteiger partial charge on any atom is -0.454 e. The number of ether oxygens (including phenoxy) is 3. The van der Waals surface area contributed by atoms with Gasteiger partial charge in [-0.3, -0.25) is 0 Å². The van der Waals surface area contributed by atoms with Crippen LogP contribution in [0, 0.1) is 0 Å². The minimum atomic E-state index is -0.453. The summed E-state index contributed by atoms with van der Waals surface area (Å²) < 4.78 is 15.6. The number of rotatable bonds is 2. The number of hydrogen-bond donors (Lipinski definition) is 0. The van der Waals surface area contributed by atoms with Crippen LogP contribution in [0.25, 0.3) is 0 Å². The van der Waals surface area contributed by atoms with Crippen LogP contribution in [0.4, 0.5) is 0 Å². The van der Waals surface area contributed by atoms with Crippen LogP contribution in [-0.2, 0) is 9.53 Å². The Labute approximate surface area is 109 Å². The molecule has 0 unspecified atom stereocenters. The molecule has 0 bridgehead atoms. The zero-order valence-corrected chi connectivity index (χ0v) is 10.3. The molecule has 0 N–H and O–H groups in total. The molecule has 0 spiro atoms. The van der Waals surface area contributed by atoms with Crippen LogP contribution in [0.15, 0.2) is 47.1 Å². The number of allylic oxidation sites excluding steroid dienone is 3. The maximum atomic E-state index is 11.6. The van der Waals surface area contributed by atoms with Gasteiger partial charge >= 0.3 is 5.97 Å². The van der Waals surface area contributed by atoms with E-state index in [1.807, 2.05) is 13.0 Å². The molecule has 0 amide bonds. The summed E-state index contributed by atoms with van der Waals surface area (Å²) in [6.07, 6.45) is 5.17. The third-order valence-corrected chi connectivity index (χ3v) is 2.69. The Hall–Kier alpha value is -2.56. The van der Waals surface area contributed by atoms with Crippen LogP contribution in [0.3, 0.4) is 0 Å². The second-order valence-electron chi connectivity index (χ2n) is 3.95. The molecule has 5 nitrogen and oxygen atoms in total. The lowest BCUT2D eigenvalue weighted by atomic mass is 10.2. The Morgan fingerprint density at radius 3 is 2.95 bits per heavy atom. The summed E-state index contributed by atoms with van der Waals surface area (Å²) in [6, 6.07) is 5.28. The van der Waals surface area contributed by atoms with Gasteiger partial charge in [-0.15, -0.1) is 0 Å². The van der Waals surface area contributed by atoms with E-state index in [2.05, 4.69) is 4.99 Å². The van der Waals surface area contributed by atoms with Gasteiger partial charge in [0.15, 0.2) is 17.2 Å². The molecule has 2 aliphatic heterocycles. The summed E-state index contributed by atoms with van der Waals surface area (Å²) in [6.45, 7) is 2.07. The van der Waals surface area contributed by atoms with Gasteiger partial charge in [0, 0.05) is 5.56 Å². The largest absolute Gasteiger partial charge is 0.454 e.